The molecule has 108 valence electrons. The molecule has 0 radical (unpaired) electrons. The fourth-order valence-corrected chi connectivity index (χ4v) is 2.17. The van der Waals surface area contributed by atoms with E-state index in [2.05, 4.69) is 10.1 Å². The van der Waals surface area contributed by atoms with Gasteiger partial charge in [-0.1, -0.05) is 13.8 Å². The first-order valence-corrected chi connectivity index (χ1v) is 6.67. The quantitative estimate of drug-likeness (QED) is 0.785. The van der Waals surface area contributed by atoms with Gasteiger partial charge in [-0.15, -0.1) is 0 Å². The summed E-state index contributed by atoms with van der Waals surface area (Å²) in [5.41, 5.74) is 4.99. The molecule has 6 nitrogen and oxygen atoms in total. The van der Waals surface area contributed by atoms with E-state index in [1.165, 1.54) is 7.11 Å². The SMILES string of the molecule is CCc1nc(CC)n(C(C)CC(C)(N)C(=O)OC)n1. The molecule has 2 N–H and O–H groups in total. The molecule has 1 aromatic heterocycles. The minimum Gasteiger partial charge on any atom is -0.468 e. The normalized spacial score (nSPS) is 15.9. The van der Waals surface area contributed by atoms with Gasteiger partial charge in [-0.05, 0) is 20.3 Å². The smallest absolute Gasteiger partial charge is 0.325 e. The van der Waals surface area contributed by atoms with E-state index in [1.807, 2.05) is 25.5 Å². The maximum atomic E-state index is 11.6. The molecule has 0 amide bonds. The van der Waals surface area contributed by atoms with Crippen molar-refractivity contribution in [2.24, 2.45) is 5.73 Å². The Morgan fingerprint density at radius 1 is 1.47 bits per heavy atom. The molecule has 1 aromatic rings. The molecule has 0 bridgehead atoms. The van der Waals surface area contributed by atoms with E-state index in [-0.39, 0.29) is 6.04 Å². The van der Waals surface area contributed by atoms with Crippen molar-refractivity contribution >= 4 is 5.97 Å². The zero-order chi connectivity index (χ0) is 14.6. The van der Waals surface area contributed by atoms with Gasteiger partial charge in [-0.25, -0.2) is 9.67 Å². The van der Waals surface area contributed by atoms with E-state index in [1.54, 1.807) is 6.92 Å². The molecule has 0 saturated heterocycles. The summed E-state index contributed by atoms with van der Waals surface area (Å²) in [7, 11) is 1.35. The molecule has 6 heteroatoms. The van der Waals surface area contributed by atoms with Crippen LogP contribution < -0.4 is 5.73 Å². The lowest BCUT2D eigenvalue weighted by atomic mass is 9.95. The molecular formula is C13H24N4O2. The Kier molecular flexibility index (Phi) is 5.05. The Labute approximate surface area is 114 Å². The molecule has 0 aliphatic rings. The van der Waals surface area contributed by atoms with Crippen LogP contribution in [0.2, 0.25) is 0 Å². The number of hydrogen-bond donors (Lipinski definition) is 1. The molecule has 1 heterocycles. The van der Waals surface area contributed by atoms with E-state index in [9.17, 15) is 4.79 Å². The van der Waals surface area contributed by atoms with Crippen molar-refractivity contribution in [2.75, 3.05) is 7.11 Å². The predicted molar refractivity (Wildman–Crippen MR) is 72.7 cm³/mol. The summed E-state index contributed by atoms with van der Waals surface area (Å²) in [5.74, 6) is 1.33. The highest BCUT2D eigenvalue weighted by atomic mass is 16.5. The van der Waals surface area contributed by atoms with Crippen molar-refractivity contribution in [3.05, 3.63) is 11.6 Å². The average molecular weight is 268 g/mol. The maximum Gasteiger partial charge on any atom is 0.325 e. The molecule has 19 heavy (non-hydrogen) atoms. The van der Waals surface area contributed by atoms with Crippen LogP contribution in [-0.2, 0) is 22.4 Å². The number of rotatable bonds is 6. The van der Waals surface area contributed by atoms with Crippen LogP contribution in [-0.4, -0.2) is 33.4 Å². The van der Waals surface area contributed by atoms with Gasteiger partial charge in [-0.2, -0.15) is 5.10 Å². The van der Waals surface area contributed by atoms with Crippen LogP contribution in [0.1, 0.15) is 51.8 Å². The van der Waals surface area contributed by atoms with Crippen molar-refractivity contribution in [2.45, 2.75) is 58.5 Å². The summed E-state index contributed by atoms with van der Waals surface area (Å²) in [4.78, 5) is 16.1. The number of ether oxygens (including phenoxy) is 1. The van der Waals surface area contributed by atoms with Crippen molar-refractivity contribution in [1.82, 2.24) is 14.8 Å². The first-order valence-electron chi connectivity index (χ1n) is 6.67. The fraction of sp³-hybridized carbons (Fsp3) is 0.769. The molecule has 0 aliphatic carbocycles. The van der Waals surface area contributed by atoms with E-state index in [4.69, 9.17) is 10.5 Å². The Hall–Kier alpha value is -1.43. The summed E-state index contributed by atoms with van der Waals surface area (Å²) in [6, 6.07) is -0.00292. The highest BCUT2D eigenvalue weighted by molar-refractivity contribution is 5.79. The van der Waals surface area contributed by atoms with Crippen LogP contribution in [0.25, 0.3) is 0 Å². The minimum absolute atomic E-state index is 0.00292. The fourth-order valence-electron chi connectivity index (χ4n) is 2.17. The van der Waals surface area contributed by atoms with Crippen LogP contribution in [0.3, 0.4) is 0 Å². The molecule has 2 atom stereocenters. The van der Waals surface area contributed by atoms with Gasteiger partial charge in [0.05, 0.1) is 13.2 Å². The number of nitrogens with two attached hydrogens (primary N) is 1. The largest absolute Gasteiger partial charge is 0.468 e. The molecule has 0 fully saturated rings. The lowest BCUT2D eigenvalue weighted by molar-refractivity contribution is -0.147. The third kappa shape index (κ3) is 3.53. The lowest BCUT2D eigenvalue weighted by Crippen LogP contribution is -2.47. The third-order valence-electron chi connectivity index (χ3n) is 3.17. The Balaban J connectivity index is 2.91. The van der Waals surface area contributed by atoms with Crippen LogP contribution in [0.4, 0.5) is 0 Å². The van der Waals surface area contributed by atoms with Crippen molar-refractivity contribution in [1.29, 1.82) is 0 Å². The molecule has 0 saturated carbocycles. The summed E-state index contributed by atoms with van der Waals surface area (Å²) in [5, 5.41) is 4.47. The number of hydrogen-bond acceptors (Lipinski definition) is 5. The zero-order valence-electron chi connectivity index (χ0n) is 12.4. The first kappa shape index (κ1) is 15.6. The van der Waals surface area contributed by atoms with Crippen LogP contribution in [0.5, 0.6) is 0 Å². The summed E-state index contributed by atoms with van der Waals surface area (Å²) in [6.45, 7) is 7.72. The molecule has 0 spiro atoms. The number of nitrogens with zero attached hydrogens (tertiary/aromatic N) is 3. The Morgan fingerprint density at radius 2 is 2.11 bits per heavy atom. The monoisotopic (exact) mass is 268 g/mol. The first-order chi connectivity index (χ1) is 8.85. The summed E-state index contributed by atoms with van der Waals surface area (Å²) >= 11 is 0. The van der Waals surface area contributed by atoms with E-state index in [0.717, 1.165) is 24.5 Å². The van der Waals surface area contributed by atoms with Gasteiger partial charge in [0, 0.05) is 12.8 Å². The number of carbonyl (C=O) groups is 1. The standard InChI is InChI=1S/C13H24N4O2/c1-6-10-15-11(7-2)17(16-10)9(3)8-13(4,14)12(18)19-5/h9H,6-8,14H2,1-5H3. The number of aryl methyl sites for hydroxylation is 2. The topological polar surface area (TPSA) is 83.0 Å². The molecular weight excluding hydrogens is 244 g/mol. The van der Waals surface area contributed by atoms with Crippen molar-refractivity contribution in [3.63, 3.8) is 0 Å². The molecule has 0 aliphatic heterocycles. The molecule has 0 aromatic carbocycles. The van der Waals surface area contributed by atoms with Crippen LogP contribution in [0.15, 0.2) is 0 Å². The van der Waals surface area contributed by atoms with Gasteiger partial charge in [0.25, 0.3) is 0 Å². The predicted octanol–water partition coefficient (Wildman–Crippen LogP) is 1.24. The van der Waals surface area contributed by atoms with Crippen molar-refractivity contribution < 1.29 is 9.53 Å². The second-order valence-corrected chi connectivity index (χ2v) is 5.06. The third-order valence-corrected chi connectivity index (χ3v) is 3.17. The van der Waals surface area contributed by atoms with E-state index >= 15 is 0 Å². The van der Waals surface area contributed by atoms with Crippen LogP contribution in [0, 0.1) is 0 Å². The van der Waals surface area contributed by atoms with Gasteiger partial charge in [-0.3, -0.25) is 4.79 Å². The molecule has 1 rings (SSSR count). The maximum absolute atomic E-state index is 11.6. The number of aromatic nitrogens is 3. The van der Waals surface area contributed by atoms with Gasteiger partial charge < -0.3 is 10.5 Å². The van der Waals surface area contributed by atoms with Gasteiger partial charge in [0.1, 0.15) is 11.4 Å². The van der Waals surface area contributed by atoms with Crippen LogP contribution >= 0.6 is 0 Å². The second kappa shape index (κ2) is 6.14. The second-order valence-electron chi connectivity index (χ2n) is 5.06. The van der Waals surface area contributed by atoms with Crippen molar-refractivity contribution in [3.8, 4) is 0 Å². The Bertz CT molecular complexity index is 440. The molecule has 2 unspecified atom stereocenters. The number of carbonyl (C=O) groups excluding carboxylic acids is 1. The summed E-state index contributed by atoms with van der Waals surface area (Å²) < 4.78 is 6.59. The number of esters is 1. The average Bonchev–Trinajstić information content (AvgIpc) is 2.80. The van der Waals surface area contributed by atoms with Gasteiger partial charge in [0.2, 0.25) is 0 Å². The Morgan fingerprint density at radius 3 is 2.58 bits per heavy atom. The minimum atomic E-state index is -1.02. The highest BCUT2D eigenvalue weighted by Crippen LogP contribution is 2.21. The lowest BCUT2D eigenvalue weighted by Gasteiger charge is -2.25. The van der Waals surface area contributed by atoms with E-state index < -0.39 is 11.5 Å². The van der Waals surface area contributed by atoms with E-state index in [0.29, 0.717) is 6.42 Å². The number of methoxy groups -OCH3 is 1. The zero-order valence-corrected chi connectivity index (χ0v) is 12.4. The van der Waals surface area contributed by atoms with Gasteiger partial charge in [0.15, 0.2) is 5.82 Å². The highest BCUT2D eigenvalue weighted by Gasteiger charge is 2.32. The summed E-state index contributed by atoms with van der Waals surface area (Å²) in [6.07, 6.45) is 2.06. The van der Waals surface area contributed by atoms with Gasteiger partial charge >= 0.3 is 5.97 Å².